The van der Waals surface area contributed by atoms with Crippen LogP contribution in [-0.2, 0) is 6.54 Å². The SMILES string of the molecule is CC(NCc1cc2ccccc2o1)c1cccc(F)c1. The van der Waals surface area contributed by atoms with E-state index >= 15 is 0 Å². The van der Waals surface area contributed by atoms with Gasteiger partial charge in [-0.1, -0.05) is 30.3 Å². The molecule has 0 aliphatic heterocycles. The molecule has 0 bridgehead atoms. The Balaban J connectivity index is 1.69. The fourth-order valence-electron chi connectivity index (χ4n) is 2.27. The number of nitrogens with one attached hydrogen (secondary N) is 1. The molecular formula is C17H16FNO. The minimum Gasteiger partial charge on any atom is -0.460 e. The first-order valence-electron chi connectivity index (χ1n) is 6.69. The van der Waals surface area contributed by atoms with Crippen LogP contribution in [0.4, 0.5) is 4.39 Å². The van der Waals surface area contributed by atoms with E-state index in [9.17, 15) is 4.39 Å². The van der Waals surface area contributed by atoms with Gasteiger partial charge in [0.2, 0.25) is 0 Å². The van der Waals surface area contributed by atoms with Gasteiger partial charge in [-0.25, -0.2) is 4.39 Å². The predicted molar refractivity (Wildman–Crippen MR) is 77.9 cm³/mol. The number of furan rings is 1. The number of hydrogen-bond acceptors (Lipinski definition) is 2. The molecule has 3 heteroatoms. The molecule has 0 aliphatic carbocycles. The van der Waals surface area contributed by atoms with E-state index in [1.807, 2.05) is 43.3 Å². The van der Waals surface area contributed by atoms with Crippen LogP contribution in [-0.4, -0.2) is 0 Å². The lowest BCUT2D eigenvalue weighted by Gasteiger charge is -2.13. The Labute approximate surface area is 117 Å². The van der Waals surface area contributed by atoms with Crippen LogP contribution in [0.2, 0.25) is 0 Å². The summed E-state index contributed by atoms with van der Waals surface area (Å²) in [6.45, 7) is 2.63. The maximum absolute atomic E-state index is 13.2. The highest BCUT2D eigenvalue weighted by atomic mass is 19.1. The van der Waals surface area contributed by atoms with Crippen molar-refractivity contribution in [3.8, 4) is 0 Å². The Kier molecular flexibility index (Phi) is 3.52. The number of hydrogen-bond donors (Lipinski definition) is 1. The molecule has 1 aromatic heterocycles. The Morgan fingerprint density at radius 2 is 1.95 bits per heavy atom. The van der Waals surface area contributed by atoms with Crippen molar-refractivity contribution in [1.29, 1.82) is 0 Å². The Bertz CT molecular complexity index is 687. The molecule has 1 heterocycles. The lowest BCUT2D eigenvalue weighted by atomic mass is 10.1. The summed E-state index contributed by atoms with van der Waals surface area (Å²) in [7, 11) is 0. The third kappa shape index (κ3) is 2.73. The van der Waals surface area contributed by atoms with Crippen molar-refractivity contribution in [3.05, 3.63) is 71.7 Å². The van der Waals surface area contributed by atoms with E-state index in [4.69, 9.17) is 4.42 Å². The summed E-state index contributed by atoms with van der Waals surface area (Å²) >= 11 is 0. The van der Waals surface area contributed by atoms with Crippen LogP contribution in [0.3, 0.4) is 0 Å². The number of rotatable bonds is 4. The van der Waals surface area contributed by atoms with E-state index < -0.39 is 0 Å². The molecule has 2 nitrogen and oxygen atoms in total. The van der Waals surface area contributed by atoms with Crippen molar-refractivity contribution in [2.24, 2.45) is 0 Å². The zero-order chi connectivity index (χ0) is 13.9. The quantitative estimate of drug-likeness (QED) is 0.758. The molecule has 3 aromatic rings. The summed E-state index contributed by atoms with van der Waals surface area (Å²) in [6, 6.07) is 16.7. The van der Waals surface area contributed by atoms with Gasteiger partial charge in [0.05, 0.1) is 6.54 Å². The molecule has 0 radical (unpaired) electrons. The minimum absolute atomic E-state index is 0.0684. The van der Waals surface area contributed by atoms with E-state index in [2.05, 4.69) is 5.32 Å². The molecular weight excluding hydrogens is 253 g/mol. The van der Waals surface area contributed by atoms with E-state index in [0.717, 1.165) is 22.3 Å². The summed E-state index contributed by atoms with van der Waals surface area (Å²) in [5, 5.41) is 4.44. The highest BCUT2D eigenvalue weighted by molar-refractivity contribution is 5.77. The summed E-state index contributed by atoms with van der Waals surface area (Å²) in [6.07, 6.45) is 0. The van der Waals surface area contributed by atoms with Gasteiger partial charge in [0.1, 0.15) is 17.2 Å². The van der Waals surface area contributed by atoms with Crippen molar-refractivity contribution in [1.82, 2.24) is 5.32 Å². The lowest BCUT2D eigenvalue weighted by Crippen LogP contribution is -2.17. The van der Waals surface area contributed by atoms with Gasteiger partial charge >= 0.3 is 0 Å². The summed E-state index contributed by atoms with van der Waals surface area (Å²) in [4.78, 5) is 0. The van der Waals surface area contributed by atoms with Crippen LogP contribution >= 0.6 is 0 Å². The van der Waals surface area contributed by atoms with Crippen LogP contribution in [0.1, 0.15) is 24.3 Å². The molecule has 1 unspecified atom stereocenters. The molecule has 1 atom stereocenters. The normalized spacial score (nSPS) is 12.7. The van der Waals surface area contributed by atoms with E-state index in [1.54, 1.807) is 12.1 Å². The maximum atomic E-state index is 13.2. The molecule has 0 aliphatic rings. The second kappa shape index (κ2) is 5.47. The van der Waals surface area contributed by atoms with Crippen molar-refractivity contribution < 1.29 is 8.81 Å². The van der Waals surface area contributed by atoms with Gasteiger partial charge in [0.15, 0.2) is 0 Å². The highest BCUT2D eigenvalue weighted by Crippen LogP contribution is 2.20. The second-order valence-corrected chi connectivity index (χ2v) is 4.91. The average molecular weight is 269 g/mol. The van der Waals surface area contributed by atoms with Gasteiger partial charge in [-0.05, 0) is 36.8 Å². The summed E-state index contributed by atoms with van der Waals surface area (Å²) < 4.78 is 18.9. The van der Waals surface area contributed by atoms with Crippen molar-refractivity contribution in [2.45, 2.75) is 19.5 Å². The van der Waals surface area contributed by atoms with E-state index in [0.29, 0.717) is 6.54 Å². The predicted octanol–water partition coefficient (Wildman–Crippen LogP) is 4.42. The van der Waals surface area contributed by atoms with Gasteiger partial charge in [-0.15, -0.1) is 0 Å². The number of para-hydroxylation sites is 1. The van der Waals surface area contributed by atoms with Crippen LogP contribution in [0, 0.1) is 5.82 Å². The number of benzene rings is 2. The van der Waals surface area contributed by atoms with Gasteiger partial charge < -0.3 is 9.73 Å². The number of fused-ring (bicyclic) bond motifs is 1. The largest absolute Gasteiger partial charge is 0.460 e. The van der Waals surface area contributed by atoms with Gasteiger partial charge in [0.25, 0.3) is 0 Å². The third-order valence-electron chi connectivity index (χ3n) is 3.41. The van der Waals surface area contributed by atoms with Crippen LogP contribution < -0.4 is 5.32 Å². The molecule has 0 saturated carbocycles. The van der Waals surface area contributed by atoms with Gasteiger partial charge in [-0.2, -0.15) is 0 Å². The van der Waals surface area contributed by atoms with Crippen LogP contribution in [0.5, 0.6) is 0 Å². The molecule has 2 aromatic carbocycles. The second-order valence-electron chi connectivity index (χ2n) is 4.91. The minimum atomic E-state index is -0.208. The van der Waals surface area contributed by atoms with Crippen LogP contribution in [0.15, 0.2) is 59.0 Å². The molecule has 0 spiro atoms. The first-order valence-corrected chi connectivity index (χ1v) is 6.69. The monoisotopic (exact) mass is 269 g/mol. The lowest BCUT2D eigenvalue weighted by molar-refractivity contribution is 0.481. The third-order valence-corrected chi connectivity index (χ3v) is 3.41. The smallest absolute Gasteiger partial charge is 0.134 e. The fourth-order valence-corrected chi connectivity index (χ4v) is 2.27. The first kappa shape index (κ1) is 12.9. The van der Waals surface area contributed by atoms with Crippen molar-refractivity contribution in [2.75, 3.05) is 0 Å². The maximum Gasteiger partial charge on any atom is 0.134 e. The Morgan fingerprint density at radius 3 is 2.75 bits per heavy atom. The highest BCUT2D eigenvalue weighted by Gasteiger charge is 2.08. The Morgan fingerprint density at radius 1 is 1.10 bits per heavy atom. The Hall–Kier alpha value is -2.13. The molecule has 0 amide bonds. The molecule has 1 N–H and O–H groups in total. The molecule has 102 valence electrons. The zero-order valence-corrected chi connectivity index (χ0v) is 11.3. The van der Waals surface area contributed by atoms with Crippen LogP contribution in [0.25, 0.3) is 11.0 Å². The standard InChI is InChI=1S/C17H16FNO/c1-12(13-6-4-7-15(18)9-13)19-11-16-10-14-5-2-3-8-17(14)20-16/h2-10,12,19H,11H2,1H3. The van der Waals surface area contributed by atoms with Gasteiger partial charge in [-0.3, -0.25) is 0 Å². The van der Waals surface area contributed by atoms with Crippen molar-refractivity contribution >= 4 is 11.0 Å². The fraction of sp³-hybridized carbons (Fsp3) is 0.176. The average Bonchev–Trinajstić information content (AvgIpc) is 2.87. The van der Waals surface area contributed by atoms with Gasteiger partial charge in [0, 0.05) is 11.4 Å². The summed E-state index contributed by atoms with van der Waals surface area (Å²) in [5.74, 6) is 0.675. The van der Waals surface area contributed by atoms with E-state index in [1.165, 1.54) is 6.07 Å². The molecule has 20 heavy (non-hydrogen) atoms. The zero-order valence-electron chi connectivity index (χ0n) is 11.3. The topological polar surface area (TPSA) is 25.2 Å². The van der Waals surface area contributed by atoms with Crippen molar-refractivity contribution in [3.63, 3.8) is 0 Å². The molecule has 3 rings (SSSR count). The summed E-state index contributed by atoms with van der Waals surface area (Å²) in [5.41, 5.74) is 1.82. The molecule has 0 fully saturated rings. The first-order chi connectivity index (χ1) is 9.72. The van der Waals surface area contributed by atoms with E-state index in [-0.39, 0.29) is 11.9 Å². The molecule has 0 saturated heterocycles. The number of halogens is 1.